The fourth-order valence-electron chi connectivity index (χ4n) is 3.21. The van der Waals surface area contributed by atoms with Crippen molar-refractivity contribution in [3.05, 3.63) is 0 Å². The summed E-state index contributed by atoms with van der Waals surface area (Å²) in [6, 6.07) is 0. The summed E-state index contributed by atoms with van der Waals surface area (Å²) in [4.78, 5) is 15.1. The zero-order valence-corrected chi connectivity index (χ0v) is 12.2. The minimum atomic E-state index is 0.283. The van der Waals surface area contributed by atoms with Crippen LogP contribution in [-0.2, 0) is 4.74 Å². The highest BCUT2D eigenvalue weighted by molar-refractivity contribution is 5.42. The standard InChI is InChI=1S/C14H22N6O/c15-11-17-12(16-9-14(3-4-14)10-1-2-10)19-13(18-11)20-5-7-21-8-6-20/h10H,1-9H2,(H3,15,16,17,18,19). The van der Waals surface area contributed by atoms with E-state index in [1.807, 2.05) is 0 Å². The van der Waals surface area contributed by atoms with Crippen molar-refractivity contribution in [2.24, 2.45) is 11.3 Å². The van der Waals surface area contributed by atoms with Crippen molar-refractivity contribution in [3.63, 3.8) is 0 Å². The van der Waals surface area contributed by atoms with Crippen LogP contribution in [0.5, 0.6) is 0 Å². The molecule has 2 heterocycles. The van der Waals surface area contributed by atoms with E-state index >= 15 is 0 Å². The molecule has 0 unspecified atom stereocenters. The smallest absolute Gasteiger partial charge is 0.232 e. The van der Waals surface area contributed by atoms with Gasteiger partial charge in [-0.3, -0.25) is 0 Å². The van der Waals surface area contributed by atoms with Gasteiger partial charge in [0.25, 0.3) is 0 Å². The second-order valence-electron chi connectivity index (χ2n) is 6.41. The maximum absolute atomic E-state index is 5.83. The van der Waals surface area contributed by atoms with Crippen LogP contribution in [0.25, 0.3) is 0 Å². The Morgan fingerprint density at radius 2 is 1.95 bits per heavy atom. The van der Waals surface area contributed by atoms with Gasteiger partial charge in [0.1, 0.15) is 0 Å². The molecule has 0 aromatic carbocycles. The third-order valence-corrected chi connectivity index (χ3v) is 4.87. The average Bonchev–Trinajstić information content (AvgIpc) is 3.38. The SMILES string of the molecule is Nc1nc(NCC2(C3CC3)CC2)nc(N2CCOCC2)n1. The van der Waals surface area contributed by atoms with E-state index in [9.17, 15) is 0 Å². The Kier molecular flexibility index (Phi) is 3.10. The van der Waals surface area contributed by atoms with E-state index in [1.165, 1.54) is 25.7 Å². The number of ether oxygens (including phenoxy) is 1. The van der Waals surface area contributed by atoms with Crippen molar-refractivity contribution >= 4 is 17.8 Å². The number of nitrogens with zero attached hydrogens (tertiary/aromatic N) is 4. The van der Waals surface area contributed by atoms with Gasteiger partial charge in [0.2, 0.25) is 17.8 Å². The van der Waals surface area contributed by atoms with Gasteiger partial charge < -0.3 is 20.7 Å². The van der Waals surface area contributed by atoms with Gasteiger partial charge in [-0.05, 0) is 37.0 Å². The summed E-state index contributed by atoms with van der Waals surface area (Å²) in [6.45, 7) is 3.98. The van der Waals surface area contributed by atoms with Crippen molar-refractivity contribution in [2.45, 2.75) is 25.7 Å². The number of hydrogen-bond acceptors (Lipinski definition) is 7. The van der Waals surface area contributed by atoms with Gasteiger partial charge in [-0.2, -0.15) is 15.0 Å². The van der Waals surface area contributed by atoms with Crippen LogP contribution in [0.15, 0.2) is 0 Å². The van der Waals surface area contributed by atoms with Crippen LogP contribution in [0.3, 0.4) is 0 Å². The number of rotatable bonds is 5. The van der Waals surface area contributed by atoms with Crippen LogP contribution in [0.4, 0.5) is 17.8 Å². The van der Waals surface area contributed by atoms with Gasteiger partial charge in [-0.15, -0.1) is 0 Å². The summed E-state index contributed by atoms with van der Waals surface area (Å²) in [5.41, 5.74) is 6.35. The zero-order valence-electron chi connectivity index (χ0n) is 12.2. The number of nitrogens with one attached hydrogen (secondary N) is 1. The number of nitrogens with two attached hydrogens (primary N) is 1. The fraction of sp³-hybridized carbons (Fsp3) is 0.786. The van der Waals surface area contributed by atoms with Crippen molar-refractivity contribution in [2.75, 3.05) is 48.8 Å². The molecule has 1 saturated heterocycles. The van der Waals surface area contributed by atoms with Gasteiger partial charge in [0, 0.05) is 19.6 Å². The number of aromatic nitrogens is 3. The van der Waals surface area contributed by atoms with E-state index in [2.05, 4.69) is 25.2 Å². The molecule has 0 radical (unpaired) electrons. The molecule has 4 rings (SSSR count). The molecule has 0 amide bonds. The molecule has 3 fully saturated rings. The summed E-state index contributed by atoms with van der Waals surface area (Å²) in [6.07, 6.45) is 5.45. The second kappa shape index (κ2) is 4.98. The first-order valence-electron chi connectivity index (χ1n) is 7.83. The highest BCUT2D eigenvalue weighted by Gasteiger charge is 2.53. The molecule has 2 saturated carbocycles. The first kappa shape index (κ1) is 13.1. The van der Waals surface area contributed by atoms with Crippen LogP contribution < -0.4 is 16.0 Å². The van der Waals surface area contributed by atoms with E-state index in [4.69, 9.17) is 10.5 Å². The Morgan fingerprint density at radius 1 is 1.19 bits per heavy atom. The van der Waals surface area contributed by atoms with Gasteiger partial charge in [0.05, 0.1) is 13.2 Å². The van der Waals surface area contributed by atoms with E-state index in [0.29, 0.717) is 30.5 Å². The lowest BCUT2D eigenvalue weighted by Crippen LogP contribution is -2.37. The molecular formula is C14H22N6O. The first-order chi connectivity index (χ1) is 10.3. The van der Waals surface area contributed by atoms with E-state index < -0.39 is 0 Å². The van der Waals surface area contributed by atoms with Crippen LogP contribution in [0, 0.1) is 11.3 Å². The van der Waals surface area contributed by atoms with E-state index in [-0.39, 0.29) is 5.95 Å². The largest absolute Gasteiger partial charge is 0.378 e. The molecule has 7 heteroatoms. The minimum Gasteiger partial charge on any atom is -0.378 e. The maximum atomic E-state index is 5.83. The number of hydrogen-bond donors (Lipinski definition) is 2. The summed E-state index contributed by atoms with van der Waals surface area (Å²) in [5.74, 6) is 2.47. The highest BCUT2D eigenvalue weighted by Crippen LogP contribution is 2.61. The quantitative estimate of drug-likeness (QED) is 0.832. The molecule has 7 nitrogen and oxygen atoms in total. The van der Waals surface area contributed by atoms with Gasteiger partial charge >= 0.3 is 0 Å². The molecule has 21 heavy (non-hydrogen) atoms. The molecule has 1 aromatic rings. The van der Waals surface area contributed by atoms with Gasteiger partial charge in [-0.1, -0.05) is 0 Å². The Hall–Kier alpha value is -1.63. The molecule has 1 aliphatic heterocycles. The lowest BCUT2D eigenvalue weighted by atomic mass is 10.0. The highest BCUT2D eigenvalue weighted by atomic mass is 16.5. The van der Waals surface area contributed by atoms with Gasteiger partial charge in [0.15, 0.2) is 0 Å². The normalized spacial score (nSPS) is 23.9. The van der Waals surface area contributed by atoms with Crippen molar-refractivity contribution < 1.29 is 4.74 Å². The molecule has 114 valence electrons. The summed E-state index contributed by atoms with van der Waals surface area (Å²) in [5, 5.41) is 3.39. The average molecular weight is 290 g/mol. The third-order valence-electron chi connectivity index (χ3n) is 4.87. The summed E-state index contributed by atoms with van der Waals surface area (Å²) in [7, 11) is 0. The van der Waals surface area contributed by atoms with Crippen molar-refractivity contribution in [3.8, 4) is 0 Å². The molecule has 1 aromatic heterocycles. The first-order valence-corrected chi connectivity index (χ1v) is 7.83. The molecule has 0 atom stereocenters. The minimum absolute atomic E-state index is 0.283. The van der Waals surface area contributed by atoms with Crippen LogP contribution in [0.2, 0.25) is 0 Å². The molecular weight excluding hydrogens is 268 g/mol. The van der Waals surface area contributed by atoms with Gasteiger partial charge in [-0.25, -0.2) is 0 Å². The zero-order chi connectivity index (χ0) is 14.3. The van der Waals surface area contributed by atoms with Crippen molar-refractivity contribution in [1.82, 2.24) is 15.0 Å². The lowest BCUT2D eigenvalue weighted by molar-refractivity contribution is 0.122. The monoisotopic (exact) mass is 290 g/mol. The predicted octanol–water partition coefficient (Wildman–Crippen LogP) is 0.892. The maximum Gasteiger partial charge on any atom is 0.232 e. The lowest BCUT2D eigenvalue weighted by Gasteiger charge is -2.27. The van der Waals surface area contributed by atoms with E-state index in [0.717, 1.165) is 25.6 Å². The molecule has 0 spiro atoms. The predicted molar refractivity (Wildman–Crippen MR) is 80.2 cm³/mol. The second-order valence-corrected chi connectivity index (χ2v) is 6.41. The Morgan fingerprint density at radius 3 is 2.62 bits per heavy atom. The molecule has 3 N–H and O–H groups in total. The molecule has 2 aliphatic carbocycles. The molecule has 0 bridgehead atoms. The van der Waals surface area contributed by atoms with Crippen molar-refractivity contribution in [1.29, 1.82) is 0 Å². The van der Waals surface area contributed by atoms with E-state index in [1.54, 1.807) is 0 Å². The Balaban J connectivity index is 1.45. The topological polar surface area (TPSA) is 89.2 Å². The number of morpholine rings is 1. The van der Waals surface area contributed by atoms with Crippen LogP contribution in [0.1, 0.15) is 25.7 Å². The Bertz CT molecular complexity index is 522. The van der Waals surface area contributed by atoms with Crippen LogP contribution in [-0.4, -0.2) is 47.8 Å². The molecule has 3 aliphatic rings. The fourth-order valence-corrected chi connectivity index (χ4v) is 3.21. The third kappa shape index (κ3) is 2.74. The van der Waals surface area contributed by atoms with Crippen LogP contribution >= 0.6 is 0 Å². The number of nitrogen functional groups attached to an aromatic ring is 1. The summed E-state index contributed by atoms with van der Waals surface area (Å²) < 4.78 is 5.36. The summed E-state index contributed by atoms with van der Waals surface area (Å²) >= 11 is 0. The number of anilines is 3. The Labute approximate surface area is 124 Å².